The van der Waals surface area contributed by atoms with Gasteiger partial charge in [-0.15, -0.1) is 0 Å². The number of rotatable bonds is 2. The van der Waals surface area contributed by atoms with E-state index < -0.39 is 0 Å². The van der Waals surface area contributed by atoms with Gasteiger partial charge in [-0.2, -0.15) is 0 Å². The summed E-state index contributed by atoms with van der Waals surface area (Å²) in [4.78, 5) is 4.02. The van der Waals surface area contributed by atoms with Crippen LogP contribution in [0.25, 0.3) is 11.1 Å². The van der Waals surface area contributed by atoms with Crippen LogP contribution in [0.5, 0.6) is 0 Å². The van der Waals surface area contributed by atoms with Crippen LogP contribution in [0.3, 0.4) is 0 Å². The van der Waals surface area contributed by atoms with Crippen molar-refractivity contribution in [2.45, 2.75) is 38.9 Å². The Hall–Kier alpha value is -1.85. The Morgan fingerprint density at radius 2 is 1.55 bits per heavy atom. The standard InChI is InChI=1S/C17H21BN2O2/c1-16(2)17(3,4)22-18(21-16)13-7-5-12(6-8-13)14-9-10-20-11-15(14)19/h5-11H,19H2,1-4H3. The van der Waals surface area contributed by atoms with Gasteiger partial charge in [0.2, 0.25) is 0 Å². The summed E-state index contributed by atoms with van der Waals surface area (Å²) in [6.07, 6.45) is 3.41. The number of nitrogen functional groups attached to an aromatic ring is 1. The monoisotopic (exact) mass is 296 g/mol. The van der Waals surface area contributed by atoms with Crippen molar-refractivity contribution in [3.8, 4) is 11.1 Å². The molecule has 1 aliphatic heterocycles. The summed E-state index contributed by atoms with van der Waals surface area (Å²) in [7, 11) is -0.339. The number of hydrogen-bond acceptors (Lipinski definition) is 4. The molecule has 1 aromatic heterocycles. The molecule has 2 N–H and O–H groups in total. The van der Waals surface area contributed by atoms with E-state index in [0.29, 0.717) is 5.69 Å². The summed E-state index contributed by atoms with van der Waals surface area (Å²) in [6, 6.07) is 10.0. The number of pyridine rings is 1. The molecule has 0 spiro atoms. The SMILES string of the molecule is CC1(C)OB(c2ccc(-c3ccncc3N)cc2)OC1(C)C. The number of benzene rings is 1. The highest BCUT2D eigenvalue weighted by molar-refractivity contribution is 6.62. The number of anilines is 1. The van der Waals surface area contributed by atoms with E-state index in [-0.39, 0.29) is 18.3 Å². The first kappa shape index (κ1) is 15.1. The molecule has 4 nitrogen and oxygen atoms in total. The summed E-state index contributed by atoms with van der Waals surface area (Å²) in [5, 5.41) is 0. The third kappa shape index (κ3) is 2.51. The van der Waals surface area contributed by atoms with E-state index >= 15 is 0 Å². The summed E-state index contributed by atoms with van der Waals surface area (Å²) in [5.41, 5.74) is 9.04. The highest BCUT2D eigenvalue weighted by atomic mass is 16.7. The minimum Gasteiger partial charge on any atom is -0.399 e. The van der Waals surface area contributed by atoms with Gasteiger partial charge in [0.1, 0.15) is 0 Å². The third-order valence-electron chi connectivity index (χ3n) is 4.60. The Bertz CT molecular complexity index is 667. The van der Waals surface area contributed by atoms with Crippen molar-refractivity contribution in [1.82, 2.24) is 4.98 Å². The Kier molecular flexibility index (Phi) is 3.50. The predicted molar refractivity (Wildman–Crippen MR) is 89.8 cm³/mol. The molecule has 1 saturated heterocycles. The fourth-order valence-corrected chi connectivity index (χ4v) is 2.47. The van der Waals surface area contributed by atoms with Crippen LogP contribution in [0.4, 0.5) is 5.69 Å². The molecule has 0 bridgehead atoms. The fourth-order valence-electron chi connectivity index (χ4n) is 2.47. The van der Waals surface area contributed by atoms with E-state index in [1.165, 1.54) is 0 Å². The fraction of sp³-hybridized carbons (Fsp3) is 0.353. The van der Waals surface area contributed by atoms with Gasteiger partial charge in [-0.25, -0.2) is 0 Å². The van der Waals surface area contributed by atoms with Crippen LogP contribution in [0.1, 0.15) is 27.7 Å². The lowest BCUT2D eigenvalue weighted by molar-refractivity contribution is 0.00578. The molecule has 0 atom stereocenters. The van der Waals surface area contributed by atoms with Crippen molar-refractivity contribution in [1.29, 1.82) is 0 Å². The average Bonchev–Trinajstić information content (AvgIpc) is 2.68. The summed E-state index contributed by atoms with van der Waals surface area (Å²) in [5.74, 6) is 0. The molecule has 2 heterocycles. The molecule has 0 amide bonds. The Labute approximate surface area is 131 Å². The van der Waals surface area contributed by atoms with Gasteiger partial charge >= 0.3 is 7.12 Å². The second kappa shape index (κ2) is 5.11. The topological polar surface area (TPSA) is 57.4 Å². The second-order valence-corrected chi connectivity index (χ2v) is 6.67. The van der Waals surface area contributed by atoms with Crippen molar-refractivity contribution in [3.63, 3.8) is 0 Å². The van der Waals surface area contributed by atoms with E-state index in [9.17, 15) is 0 Å². The minimum absolute atomic E-state index is 0.328. The number of nitrogens with zero attached hydrogens (tertiary/aromatic N) is 1. The van der Waals surface area contributed by atoms with E-state index in [2.05, 4.69) is 32.7 Å². The van der Waals surface area contributed by atoms with Gasteiger partial charge in [-0.3, -0.25) is 4.98 Å². The Morgan fingerprint density at radius 3 is 2.09 bits per heavy atom. The predicted octanol–water partition coefficient (Wildman–Crippen LogP) is 2.63. The molecule has 0 aliphatic carbocycles. The maximum Gasteiger partial charge on any atom is 0.494 e. The van der Waals surface area contributed by atoms with Crippen molar-refractivity contribution in [2.75, 3.05) is 5.73 Å². The zero-order chi connectivity index (χ0) is 16.0. The maximum absolute atomic E-state index is 6.06. The average molecular weight is 296 g/mol. The van der Waals surface area contributed by atoms with Gasteiger partial charge in [-0.1, -0.05) is 24.3 Å². The second-order valence-electron chi connectivity index (χ2n) is 6.67. The molecular weight excluding hydrogens is 275 g/mol. The lowest BCUT2D eigenvalue weighted by atomic mass is 9.78. The normalized spacial score (nSPS) is 19.4. The molecule has 0 unspecified atom stereocenters. The van der Waals surface area contributed by atoms with Crippen molar-refractivity contribution < 1.29 is 9.31 Å². The van der Waals surface area contributed by atoms with Crippen LogP contribution in [0.2, 0.25) is 0 Å². The van der Waals surface area contributed by atoms with Crippen LogP contribution < -0.4 is 11.2 Å². The van der Waals surface area contributed by atoms with Gasteiger partial charge in [-0.05, 0) is 44.8 Å². The summed E-state index contributed by atoms with van der Waals surface area (Å²) in [6.45, 7) is 8.22. The van der Waals surface area contributed by atoms with E-state index in [4.69, 9.17) is 15.0 Å². The molecule has 1 fully saturated rings. The Morgan fingerprint density at radius 1 is 0.955 bits per heavy atom. The minimum atomic E-state index is -0.339. The molecular formula is C17H21BN2O2. The van der Waals surface area contributed by atoms with Crippen LogP contribution in [-0.4, -0.2) is 23.3 Å². The molecule has 5 heteroatoms. The van der Waals surface area contributed by atoms with Gasteiger partial charge < -0.3 is 15.0 Å². The maximum atomic E-state index is 6.06. The Balaban J connectivity index is 1.86. The molecule has 0 radical (unpaired) electrons. The quantitative estimate of drug-likeness (QED) is 0.866. The van der Waals surface area contributed by atoms with Gasteiger partial charge in [0.05, 0.1) is 23.1 Å². The zero-order valence-corrected chi connectivity index (χ0v) is 13.5. The molecule has 1 aliphatic rings. The van der Waals surface area contributed by atoms with Gasteiger partial charge in [0, 0.05) is 11.8 Å². The first-order valence-corrected chi connectivity index (χ1v) is 7.46. The smallest absolute Gasteiger partial charge is 0.399 e. The number of aromatic nitrogens is 1. The lowest BCUT2D eigenvalue weighted by Crippen LogP contribution is -2.41. The molecule has 1 aromatic carbocycles. The van der Waals surface area contributed by atoms with E-state index in [1.807, 2.05) is 30.3 Å². The van der Waals surface area contributed by atoms with Crippen LogP contribution in [0, 0.1) is 0 Å². The lowest BCUT2D eigenvalue weighted by Gasteiger charge is -2.32. The largest absolute Gasteiger partial charge is 0.494 e. The van der Waals surface area contributed by atoms with E-state index in [1.54, 1.807) is 12.4 Å². The zero-order valence-electron chi connectivity index (χ0n) is 13.5. The molecule has 22 heavy (non-hydrogen) atoms. The molecule has 2 aromatic rings. The van der Waals surface area contributed by atoms with Crippen LogP contribution in [0.15, 0.2) is 42.7 Å². The number of nitrogens with two attached hydrogens (primary N) is 1. The van der Waals surface area contributed by atoms with Gasteiger partial charge in [0.15, 0.2) is 0 Å². The van der Waals surface area contributed by atoms with Crippen LogP contribution in [-0.2, 0) is 9.31 Å². The van der Waals surface area contributed by atoms with Crippen molar-refractivity contribution in [2.24, 2.45) is 0 Å². The third-order valence-corrected chi connectivity index (χ3v) is 4.60. The van der Waals surface area contributed by atoms with E-state index in [0.717, 1.165) is 16.6 Å². The van der Waals surface area contributed by atoms with Crippen molar-refractivity contribution >= 4 is 18.3 Å². The molecule has 114 valence electrons. The summed E-state index contributed by atoms with van der Waals surface area (Å²) < 4.78 is 12.1. The van der Waals surface area contributed by atoms with Crippen LogP contribution >= 0.6 is 0 Å². The van der Waals surface area contributed by atoms with Crippen molar-refractivity contribution in [3.05, 3.63) is 42.7 Å². The van der Waals surface area contributed by atoms with Gasteiger partial charge in [0.25, 0.3) is 0 Å². The molecule has 3 rings (SSSR count). The highest BCUT2D eigenvalue weighted by Gasteiger charge is 2.51. The first-order chi connectivity index (χ1) is 10.3. The highest BCUT2D eigenvalue weighted by Crippen LogP contribution is 2.36. The number of hydrogen-bond donors (Lipinski definition) is 1. The molecule has 0 saturated carbocycles. The summed E-state index contributed by atoms with van der Waals surface area (Å²) >= 11 is 0. The first-order valence-electron chi connectivity index (χ1n) is 7.46.